The minimum Gasteiger partial charge on any atom is -0.350 e. The van der Waals surface area contributed by atoms with Gasteiger partial charge in [-0.05, 0) is 52.4 Å². The van der Waals surface area contributed by atoms with Gasteiger partial charge in [-0.3, -0.25) is 4.79 Å². The van der Waals surface area contributed by atoms with Crippen LogP contribution in [-0.4, -0.2) is 46.2 Å². The van der Waals surface area contributed by atoms with Crippen LogP contribution in [0.2, 0.25) is 0 Å². The highest BCUT2D eigenvalue weighted by molar-refractivity contribution is 6.05. The lowest BCUT2D eigenvalue weighted by atomic mass is 10.1. The maximum atomic E-state index is 13.2. The van der Waals surface area contributed by atoms with E-state index in [1.165, 1.54) is 5.56 Å². The number of amides is 1. The Morgan fingerprint density at radius 3 is 2.59 bits per heavy atom. The number of carbonyl (C=O) groups is 1. The van der Waals surface area contributed by atoms with Gasteiger partial charge in [0.05, 0.1) is 23.2 Å². The van der Waals surface area contributed by atoms with Gasteiger partial charge in [-0.1, -0.05) is 30.3 Å². The highest BCUT2D eigenvalue weighted by Gasteiger charge is 2.28. The van der Waals surface area contributed by atoms with Crippen LogP contribution in [0.15, 0.2) is 42.6 Å². The molecule has 4 rings (SSSR count). The predicted octanol–water partition coefficient (Wildman–Crippen LogP) is 3.92. The fourth-order valence-electron chi connectivity index (χ4n) is 3.75. The SMILES string of the molecule is CC(C)n1ncc2c(C(=O)NC[C@H](c3ccccc3)N(C)C)cc(C3CC3)nc21. The van der Waals surface area contributed by atoms with Crippen molar-refractivity contribution < 1.29 is 4.79 Å². The van der Waals surface area contributed by atoms with Crippen molar-refractivity contribution in [3.05, 3.63) is 59.4 Å². The smallest absolute Gasteiger partial charge is 0.252 e. The molecule has 1 N–H and O–H groups in total. The van der Waals surface area contributed by atoms with Gasteiger partial charge in [0.15, 0.2) is 5.65 Å². The standard InChI is InChI=1S/C23H29N5O/c1-15(2)28-22-19(13-25-28)18(12-20(26-22)16-10-11-16)23(29)24-14-21(27(3)4)17-8-6-5-7-9-17/h5-9,12-13,15-16,21H,10-11,14H2,1-4H3,(H,24,29)/t21-/m1/s1. The van der Waals surface area contributed by atoms with E-state index in [-0.39, 0.29) is 18.0 Å². The van der Waals surface area contributed by atoms with Crippen molar-refractivity contribution in [1.82, 2.24) is 25.0 Å². The van der Waals surface area contributed by atoms with Crippen molar-refractivity contribution in [3.8, 4) is 0 Å². The molecule has 152 valence electrons. The average molecular weight is 392 g/mol. The Morgan fingerprint density at radius 1 is 1.24 bits per heavy atom. The number of aromatic nitrogens is 3. The van der Waals surface area contributed by atoms with E-state index in [1.54, 1.807) is 6.20 Å². The topological polar surface area (TPSA) is 63.1 Å². The van der Waals surface area contributed by atoms with Gasteiger partial charge >= 0.3 is 0 Å². The lowest BCUT2D eigenvalue weighted by molar-refractivity contribution is 0.0943. The van der Waals surface area contributed by atoms with Crippen LogP contribution < -0.4 is 5.32 Å². The number of pyridine rings is 1. The second-order valence-corrected chi connectivity index (χ2v) is 8.39. The molecule has 0 saturated heterocycles. The Bertz CT molecular complexity index is 1000. The Labute approximate surface area is 171 Å². The summed E-state index contributed by atoms with van der Waals surface area (Å²) < 4.78 is 1.91. The molecule has 0 bridgehead atoms. The molecule has 1 amide bonds. The summed E-state index contributed by atoms with van der Waals surface area (Å²) in [5, 5.41) is 8.47. The summed E-state index contributed by atoms with van der Waals surface area (Å²) in [6, 6.07) is 12.5. The molecule has 29 heavy (non-hydrogen) atoms. The van der Waals surface area contributed by atoms with Gasteiger partial charge in [0, 0.05) is 24.2 Å². The van der Waals surface area contributed by atoms with Crippen LogP contribution in [0.25, 0.3) is 11.0 Å². The van der Waals surface area contributed by atoms with E-state index < -0.39 is 0 Å². The number of fused-ring (bicyclic) bond motifs is 1. The summed E-state index contributed by atoms with van der Waals surface area (Å²) in [7, 11) is 4.07. The van der Waals surface area contributed by atoms with Crippen molar-refractivity contribution in [2.75, 3.05) is 20.6 Å². The fraction of sp³-hybridized carbons (Fsp3) is 0.435. The average Bonchev–Trinajstić information content (AvgIpc) is 3.46. The number of likely N-dealkylation sites (N-methyl/N-ethyl adjacent to an activating group) is 1. The Hall–Kier alpha value is -2.73. The van der Waals surface area contributed by atoms with Gasteiger partial charge in [-0.25, -0.2) is 9.67 Å². The van der Waals surface area contributed by atoms with Crippen molar-refractivity contribution in [2.45, 2.75) is 44.7 Å². The van der Waals surface area contributed by atoms with Gasteiger partial charge in [0.2, 0.25) is 0 Å². The van der Waals surface area contributed by atoms with E-state index in [0.29, 0.717) is 18.0 Å². The number of hydrogen-bond donors (Lipinski definition) is 1. The molecule has 1 aliphatic rings. The molecule has 0 radical (unpaired) electrons. The van der Waals surface area contributed by atoms with Crippen LogP contribution >= 0.6 is 0 Å². The minimum atomic E-state index is -0.0645. The second-order valence-electron chi connectivity index (χ2n) is 8.39. The van der Waals surface area contributed by atoms with E-state index in [4.69, 9.17) is 4.98 Å². The van der Waals surface area contributed by atoms with E-state index in [1.807, 2.05) is 43.0 Å². The molecule has 1 aliphatic carbocycles. The summed E-state index contributed by atoms with van der Waals surface area (Å²) in [5.41, 5.74) is 3.68. The molecule has 0 spiro atoms. The third kappa shape index (κ3) is 4.03. The molecule has 2 aromatic heterocycles. The van der Waals surface area contributed by atoms with E-state index in [2.05, 4.69) is 41.3 Å². The molecule has 2 heterocycles. The fourth-order valence-corrected chi connectivity index (χ4v) is 3.75. The Kier molecular flexibility index (Phi) is 5.37. The lowest BCUT2D eigenvalue weighted by Gasteiger charge is -2.25. The Morgan fingerprint density at radius 2 is 1.97 bits per heavy atom. The highest BCUT2D eigenvalue weighted by atomic mass is 16.1. The molecule has 0 aliphatic heterocycles. The second kappa shape index (κ2) is 7.95. The van der Waals surface area contributed by atoms with Crippen molar-refractivity contribution in [3.63, 3.8) is 0 Å². The van der Waals surface area contributed by atoms with Gasteiger partial charge in [-0.15, -0.1) is 0 Å². The molecular weight excluding hydrogens is 362 g/mol. The van der Waals surface area contributed by atoms with E-state index >= 15 is 0 Å². The first kappa shape index (κ1) is 19.6. The molecule has 6 heteroatoms. The number of benzene rings is 1. The summed E-state index contributed by atoms with van der Waals surface area (Å²) in [5.74, 6) is 0.408. The monoisotopic (exact) mass is 391 g/mol. The van der Waals surface area contributed by atoms with Crippen LogP contribution in [0.1, 0.15) is 66.3 Å². The normalized spacial score (nSPS) is 15.2. The molecule has 1 saturated carbocycles. The van der Waals surface area contributed by atoms with E-state index in [0.717, 1.165) is 29.6 Å². The van der Waals surface area contributed by atoms with Crippen molar-refractivity contribution >= 4 is 16.9 Å². The zero-order valence-corrected chi connectivity index (χ0v) is 17.6. The first-order chi connectivity index (χ1) is 14.0. The first-order valence-corrected chi connectivity index (χ1v) is 10.3. The maximum Gasteiger partial charge on any atom is 0.252 e. The molecule has 0 unspecified atom stereocenters. The molecule has 3 aromatic rings. The van der Waals surface area contributed by atoms with Gasteiger partial charge in [-0.2, -0.15) is 5.10 Å². The molecule has 6 nitrogen and oxygen atoms in total. The van der Waals surface area contributed by atoms with Crippen LogP contribution in [0, 0.1) is 0 Å². The van der Waals surface area contributed by atoms with Crippen LogP contribution in [-0.2, 0) is 0 Å². The van der Waals surface area contributed by atoms with E-state index in [9.17, 15) is 4.79 Å². The van der Waals surface area contributed by atoms with Crippen LogP contribution in [0.5, 0.6) is 0 Å². The summed E-state index contributed by atoms with van der Waals surface area (Å²) >= 11 is 0. The zero-order valence-electron chi connectivity index (χ0n) is 17.6. The third-order valence-electron chi connectivity index (χ3n) is 5.58. The number of hydrogen-bond acceptors (Lipinski definition) is 4. The summed E-state index contributed by atoms with van der Waals surface area (Å²) in [4.78, 5) is 20.2. The first-order valence-electron chi connectivity index (χ1n) is 10.3. The van der Waals surface area contributed by atoms with Gasteiger partial charge < -0.3 is 10.2 Å². The number of nitrogens with one attached hydrogen (secondary N) is 1. The molecule has 1 aromatic carbocycles. The van der Waals surface area contributed by atoms with Crippen molar-refractivity contribution in [2.24, 2.45) is 0 Å². The quantitative estimate of drug-likeness (QED) is 0.663. The van der Waals surface area contributed by atoms with Gasteiger partial charge in [0.25, 0.3) is 5.91 Å². The van der Waals surface area contributed by atoms with Gasteiger partial charge in [0.1, 0.15) is 0 Å². The zero-order chi connectivity index (χ0) is 20.5. The number of rotatable bonds is 7. The molecule has 1 atom stereocenters. The Balaban J connectivity index is 1.62. The predicted molar refractivity (Wildman–Crippen MR) is 115 cm³/mol. The maximum absolute atomic E-state index is 13.2. The summed E-state index contributed by atoms with van der Waals surface area (Å²) in [6.07, 6.45) is 4.06. The summed E-state index contributed by atoms with van der Waals surface area (Å²) in [6.45, 7) is 4.70. The molecular formula is C23H29N5O. The number of carbonyl (C=O) groups excluding carboxylic acids is 1. The highest BCUT2D eigenvalue weighted by Crippen LogP contribution is 2.40. The van der Waals surface area contributed by atoms with Crippen molar-refractivity contribution in [1.29, 1.82) is 0 Å². The minimum absolute atomic E-state index is 0.0645. The third-order valence-corrected chi connectivity index (χ3v) is 5.58. The molecule has 1 fully saturated rings. The number of nitrogens with zero attached hydrogens (tertiary/aromatic N) is 4. The lowest BCUT2D eigenvalue weighted by Crippen LogP contribution is -2.34. The largest absolute Gasteiger partial charge is 0.350 e. The van der Waals surface area contributed by atoms with Crippen LogP contribution in [0.4, 0.5) is 0 Å². The van der Waals surface area contributed by atoms with Crippen LogP contribution in [0.3, 0.4) is 0 Å².